The van der Waals surface area contributed by atoms with E-state index < -0.39 is 8.32 Å². The van der Waals surface area contributed by atoms with Gasteiger partial charge in [0, 0.05) is 4.88 Å². The van der Waals surface area contributed by atoms with E-state index in [1.165, 1.54) is 4.88 Å². The number of rotatable bonds is 6. The fourth-order valence-corrected chi connectivity index (χ4v) is 3.73. The summed E-state index contributed by atoms with van der Waals surface area (Å²) in [6.07, 6.45) is 1.29. The van der Waals surface area contributed by atoms with Gasteiger partial charge in [-0.1, -0.05) is 26.8 Å². The van der Waals surface area contributed by atoms with E-state index in [4.69, 9.17) is 4.43 Å². The summed E-state index contributed by atoms with van der Waals surface area (Å²) >= 11 is 1.80. The number of thiophene rings is 1. The van der Waals surface area contributed by atoms with Gasteiger partial charge in [-0.25, -0.2) is 0 Å². The molecule has 1 rings (SSSR count). The zero-order chi connectivity index (χ0) is 13.8. The van der Waals surface area contributed by atoms with Crippen LogP contribution < -0.4 is 5.32 Å². The maximum absolute atomic E-state index is 6.56. The second kappa shape index (κ2) is 6.33. The van der Waals surface area contributed by atoms with E-state index in [-0.39, 0.29) is 11.1 Å². The fraction of sp³-hybridized carbons (Fsp3) is 0.714. The molecule has 4 heteroatoms. The highest BCUT2D eigenvalue weighted by molar-refractivity contribution is 7.10. The van der Waals surface area contributed by atoms with Crippen LogP contribution in [0.5, 0.6) is 0 Å². The van der Waals surface area contributed by atoms with Gasteiger partial charge in [0.05, 0.1) is 6.10 Å². The van der Waals surface area contributed by atoms with Crippen molar-refractivity contribution in [2.24, 2.45) is 0 Å². The molecule has 0 aliphatic carbocycles. The Morgan fingerprint density at radius 3 is 2.50 bits per heavy atom. The zero-order valence-electron chi connectivity index (χ0n) is 12.5. The van der Waals surface area contributed by atoms with Gasteiger partial charge in [0.15, 0.2) is 8.32 Å². The van der Waals surface area contributed by atoms with Crippen LogP contribution in [0.1, 0.15) is 38.2 Å². The van der Waals surface area contributed by atoms with Crippen molar-refractivity contribution in [2.75, 3.05) is 13.6 Å². The highest BCUT2D eigenvalue weighted by Crippen LogP contribution is 2.41. The molecule has 1 aromatic rings. The Hall–Kier alpha value is -0.163. The molecule has 0 aromatic carbocycles. The molecular formula is C14H27NOSSi. The van der Waals surface area contributed by atoms with Crippen molar-refractivity contribution >= 4 is 19.7 Å². The number of hydrogen-bond donors (Lipinski definition) is 1. The molecule has 1 atom stereocenters. The first kappa shape index (κ1) is 15.9. The summed E-state index contributed by atoms with van der Waals surface area (Å²) in [5.41, 5.74) is 0. The molecular weight excluding hydrogens is 258 g/mol. The molecule has 0 saturated carbocycles. The Balaban J connectivity index is 2.79. The highest BCUT2D eigenvalue weighted by atomic mass is 32.1. The molecule has 0 fully saturated rings. The van der Waals surface area contributed by atoms with Gasteiger partial charge in [-0.05, 0) is 49.6 Å². The van der Waals surface area contributed by atoms with E-state index in [1.807, 2.05) is 7.05 Å². The van der Waals surface area contributed by atoms with Crippen LogP contribution in [0, 0.1) is 0 Å². The zero-order valence-corrected chi connectivity index (χ0v) is 14.4. The summed E-state index contributed by atoms with van der Waals surface area (Å²) in [5, 5.41) is 5.63. The van der Waals surface area contributed by atoms with Crippen LogP contribution in [0.15, 0.2) is 17.5 Å². The molecule has 1 heterocycles. The predicted octanol–water partition coefficient (Wildman–Crippen LogP) is 4.42. The maximum Gasteiger partial charge on any atom is 0.192 e. The summed E-state index contributed by atoms with van der Waals surface area (Å²) < 4.78 is 6.56. The lowest BCUT2D eigenvalue weighted by molar-refractivity contribution is 0.177. The van der Waals surface area contributed by atoms with Crippen molar-refractivity contribution in [1.29, 1.82) is 0 Å². The molecule has 0 radical (unpaired) electrons. The molecule has 0 aliphatic heterocycles. The highest BCUT2D eigenvalue weighted by Gasteiger charge is 2.39. The van der Waals surface area contributed by atoms with Crippen molar-refractivity contribution in [3.8, 4) is 0 Å². The first-order chi connectivity index (χ1) is 8.28. The van der Waals surface area contributed by atoms with Crippen LogP contribution in [-0.2, 0) is 4.43 Å². The van der Waals surface area contributed by atoms with Gasteiger partial charge in [0.25, 0.3) is 0 Å². The van der Waals surface area contributed by atoms with Crippen molar-refractivity contribution in [1.82, 2.24) is 5.32 Å². The van der Waals surface area contributed by atoms with Crippen molar-refractivity contribution in [2.45, 2.75) is 51.4 Å². The van der Waals surface area contributed by atoms with E-state index in [2.05, 4.69) is 56.7 Å². The van der Waals surface area contributed by atoms with Crippen LogP contribution in [0.4, 0.5) is 0 Å². The predicted molar refractivity (Wildman–Crippen MR) is 83.9 cm³/mol. The molecule has 18 heavy (non-hydrogen) atoms. The van der Waals surface area contributed by atoms with Gasteiger partial charge in [-0.3, -0.25) is 0 Å². The van der Waals surface area contributed by atoms with Crippen LogP contribution >= 0.6 is 11.3 Å². The lowest BCUT2D eigenvalue weighted by Crippen LogP contribution is -2.42. The minimum Gasteiger partial charge on any atom is -0.409 e. The summed E-state index contributed by atoms with van der Waals surface area (Å²) in [7, 11) is 0.303. The normalized spacial score (nSPS) is 14.8. The van der Waals surface area contributed by atoms with Gasteiger partial charge in [-0.2, -0.15) is 0 Å². The van der Waals surface area contributed by atoms with E-state index >= 15 is 0 Å². The quantitative estimate of drug-likeness (QED) is 0.781. The Bertz CT molecular complexity index is 343. The number of hydrogen-bond acceptors (Lipinski definition) is 3. The van der Waals surface area contributed by atoms with Crippen LogP contribution in [0.25, 0.3) is 0 Å². The molecule has 1 N–H and O–H groups in total. The molecule has 1 aromatic heterocycles. The maximum atomic E-state index is 6.56. The molecule has 0 aliphatic rings. The molecule has 2 nitrogen and oxygen atoms in total. The summed E-state index contributed by atoms with van der Waals surface area (Å²) in [6, 6.07) is 4.31. The van der Waals surface area contributed by atoms with Gasteiger partial charge in [-0.15, -0.1) is 11.3 Å². The smallest absolute Gasteiger partial charge is 0.192 e. The Kier molecular flexibility index (Phi) is 5.59. The van der Waals surface area contributed by atoms with Crippen molar-refractivity contribution in [3.05, 3.63) is 22.4 Å². The van der Waals surface area contributed by atoms with Gasteiger partial charge in [0.1, 0.15) is 0 Å². The minimum absolute atomic E-state index is 0.248. The average molecular weight is 286 g/mol. The first-order valence-electron chi connectivity index (χ1n) is 6.64. The van der Waals surface area contributed by atoms with Crippen LogP contribution in [0.2, 0.25) is 18.1 Å². The van der Waals surface area contributed by atoms with Gasteiger partial charge >= 0.3 is 0 Å². The molecule has 0 spiro atoms. The topological polar surface area (TPSA) is 21.3 Å². The van der Waals surface area contributed by atoms with Gasteiger partial charge < -0.3 is 9.74 Å². The number of nitrogens with one attached hydrogen (secondary N) is 1. The molecule has 104 valence electrons. The van der Waals surface area contributed by atoms with E-state index in [0.717, 1.165) is 13.0 Å². The largest absolute Gasteiger partial charge is 0.409 e. The Morgan fingerprint density at radius 1 is 1.39 bits per heavy atom. The first-order valence-corrected chi connectivity index (χ1v) is 10.4. The summed E-state index contributed by atoms with van der Waals surface area (Å²) in [6.45, 7) is 12.5. The van der Waals surface area contributed by atoms with Crippen LogP contribution in [-0.4, -0.2) is 21.9 Å². The minimum atomic E-state index is -1.70. The molecule has 0 amide bonds. The summed E-state index contributed by atoms with van der Waals surface area (Å²) in [5.74, 6) is 0. The standard InChI is InChI=1S/C14H27NOSSi/c1-14(2,3)18(5,6)16-12(9-10-15-4)13-8-7-11-17-13/h7-8,11-12,15H,9-10H2,1-6H3/t12-/m0/s1. The monoisotopic (exact) mass is 285 g/mol. The fourth-order valence-electron chi connectivity index (χ4n) is 1.54. The van der Waals surface area contributed by atoms with Crippen molar-refractivity contribution < 1.29 is 4.43 Å². The lowest BCUT2D eigenvalue weighted by Gasteiger charge is -2.39. The Labute approximate surface area is 117 Å². The third-order valence-corrected chi connectivity index (χ3v) is 9.21. The average Bonchev–Trinajstić information content (AvgIpc) is 2.75. The van der Waals surface area contributed by atoms with Crippen molar-refractivity contribution in [3.63, 3.8) is 0 Å². The Morgan fingerprint density at radius 2 is 2.06 bits per heavy atom. The third-order valence-electron chi connectivity index (χ3n) is 3.76. The van der Waals surface area contributed by atoms with E-state index in [0.29, 0.717) is 0 Å². The molecule has 0 saturated heterocycles. The SMILES string of the molecule is CNCC[C@H](O[Si](C)(C)C(C)(C)C)c1cccs1. The second-order valence-corrected chi connectivity index (χ2v) is 12.0. The summed E-state index contributed by atoms with van der Waals surface area (Å²) in [4.78, 5) is 1.36. The molecule has 0 unspecified atom stereocenters. The lowest BCUT2D eigenvalue weighted by atomic mass is 10.2. The van der Waals surface area contributed by atoms with E-state index in [9.17, 15) is 0 Å². The second-order valence-electron chi connectivity index (χ2n) is 6.27. The third kappa shape index (κ3) is 4.19. The molecule has 0 bridgehead atoms. The van der Waals surface area contributed by atoms with Gasteiger partial charge in [0.2, 0.25) is 0 Å². The van der Waals surface area contributed by atoms with E-state index in [1.54, 1.807) is 11.3 Å². The van der Waals surface area contributed by atoms with Crippen LogP contribution in [0.3, 0.4) is 0 Å².